The quantitative estimate of drug-likeness (QED) is 0.804. The van der Waals surface area contributed by atoms with E-state index in [1.54, 1.807) is 10.9 Å². The summed E-state index contributed by atoms with van der Waals surface area (Å²) in [6.45, 7) is 3.89. The lowest BCUT2D eigenvalue weighted by Gasteiger charge is -2.05. The molecule has 15 heavy (non-hydrogen) atoms. The second kappa shape index (κ2) is 3.82. The average molecular weight is 202 g/mol. The molecule has 0 fully saturated rings. The van der Waals surface area contributed by atoms with Crippen LogP contribution in [-0.2, 0) is 0 Å². The van der Waals surface area contributed by atoms with Crippen molar-refractivity contribution >= 4 is 0 Å². The van der Waals surface area contributed by atoms with Gasteiger partial charge in [0.25, 0.3) is 0 Å². The molecule has 4 heteroatoms. The second-order valence-corrected chi connectivity index (χ2v) is 3.64. The summed E-state index contributed by atoms with van der Waals surface area (Å²) in [5.74, 6) is 0.813. The number of hydrogen-bond donors (Lipinski definition) is 1. The molecule has 2 heterocycles. The molecule has 0 aliphatic heterocycles. The van der Waals surface area contributed by atoms with Crippen molar-refractivity contribution in [2.75, 3.05) is 0 Å². The van der Waals surface area contributed by atoms with Crippen molar-refractivity contribution in [1.82, 2.24) is 14.8 Å². The summed E-state index contributed by atoms with van der Waals surface area (Å²) in [6, 6.07) is 5.86. The van der Waals surface area contributed by atoms with Gasteiger partial charge in [-0.2, -0.15) is 5.10 Å². The van der Waals surface area contributed by atoms with Gasteiger partial charge in [0.2, 0.25) is 0 Å². The predicted octanol–water partition coefficient (Wildman–Crippen LogP) is 1.60. The van der Waals surface area contributed by atoms with Gasteiger partial charge in [0.05, 0.1) is 5.69 Å². The number of nitrogens with two attached hydrogens (primary N) is 1. The Morgan fingerprint density at radius 3 is 2.60 bits per heavy atom. The van der Waals surface area contributed by atoms with E-state index in [0.717, 1.165) is 17.1 Å². The SMILES string of the molecule is Cc1ccn(-c2ccc([C@@H](C)N)cn2)n1. The third kappa shape index (κ3) is 2.05. The van der Waals surface area contributed by atoms with E-state index >= 15 is 0 Å². The number of aromatic nitrogens is 3. The fourth-order valence-corrected chi connectivity index (χ4v) is 1.35. The van der Waals surface area contributed by atoms with Crippen molar-refractivity contribution < 1.29 is 0 Å². The minimum absolute atomic E-state index is 0.0194. The lowest BCUT2D eigenvalue weighted by atomic mass is 10.2. The smallest absolute Gasteiger partial charge is 0.153 e. The van der Waals surface area contributed by atoms with Crippen LogP contribution in [0, 0.1) is 6.92 Å². The first-order valence-corrected chi connectivity index (χ1v) is 4.91. The van der Waals surface area contributed by atoms with Crippen LogP contribution < -0.4 is 5.73 Å². The second-order valence-electron chi connectivity index (χ2n) is 3.64. The number of nitrogens with zero attached hydrogens (tertiary/aromatic N) is 3. The van der Waals surface area contributed by atoms with Crippen LogP contribution >= 0.6 is 0 Å². The molecule has 4 nitrogen and oxygen atoms in total. The van der Waals surface area contributed by atoms with Crippen LogP contribution in [0.15, 0.2) is 30.6 Å². The third-order valence-corrected chi connectivity index (χ3v) is 2.25. The van der Waals surface area contributed by atoms with Crippen LogP contribution in [0.5, 0.6) is 0 Å². The summed E-state index contributed by atoms with van der Waals surface area (Å²) in [5, 5.41) is 4.28. The fourth-order valence-electron chi connectivity index (χ4n) is 1.35. The maximum Gasteiger partial charge on any atom is 0.153 e. The van der Waals surface area contributed by atoms with Gasteiger partial charge < -0.3 is 5.73 Å². The van der Waals surface area contributed by atoms with Crippen LogP contribution in [-0.4, -0.2) is 14.8 Å². The summed E-state index contributed by atoms with van der Waals surface area (Å²) in [5.41, 5.74) is 7.75. The maximum atomic E-state index is 5.74. The molecule has 0 saturated carbocycles. The van der Waals surface area contributed by atoms with E-state index in [-0.39, 0.29) is 6.04 Å². The molecule has 78 valence electrons. The molecule has 0 radical (unpaired) electrons. The summed E-state index contributed by atoms with van der Waals surface area (Å²) in [4.78, 5) is 4.30. The van der Waals surface area contributed by atoms with Crippen LogP contribution in [0.4, 0.5) is 0 Å². The van der Waals surface area contributed by atoms with Crippen LogP contribution in [0.25, 0.3) is 5.82 Å². The van der Waals surface area contributed by atoms with Crippen molar-refractivity contribution in [2.24, 2.45) is 5.73 Å². The average Bonchev–Trinajstić information content (AvgIpc) is 2.65. The van der Waals surface area contributed by atoms with E-state index in [1.165, 1.54) is 0 Å². The molecule has 0 amide bonds. The molecule has 0 unspecified atom stereocenters. The van der Waals surface area contributed by atoms with Crippen LogP contribution in [0.3, 0.4) is 0 Å². The van der Waals surface area contributed by atoms with Crippen molar-refractivity contribution in [3.05, 3.63) is 41.9 Å². The molecule has 0 saturated heterocycles. The van der Waals surface area contributed by atoms with E-state index in [4.69, 9.17) is 5.73 Å². The Hall–Kier alpha value is -1.68. The van der Waals surface area contributed by atoms with Crippen LogP contribution in [0.1, 0.15) is 24.2 Å². The van der Waals surface area contributed by atoms with E-state index in [1.807, 2.05) is 38.2 Å². The molecule has 0 bridgehead atoms. The first-order chi connectivity index (χ1) is 7.16. The van der Waals surface area contributed by atoms with Gasteiger partial charge in [-0.25, -0.2) is 9.67 Å². The zero-order valence-electron chi connectivity index (χ0n) is 8.88. The molecule has 2 rings (SSSR count). The molecule has 0 aliphatic rings. The largest absolute Gasteiger partial charge is 0.324 e. The minimum Gasteiger partial charge on any atom is -0.324 e. The summed E-state index contributed by atoms with van der Waals surface area (Å²) in [6.07, 6.45) is 3.68. The monoisotopic (exact) mass is 202 g/mol. The Bertz CT molecular complexity index is 442. The summed E-state index contributed by atoms with van der Waals surface area (Å²) in [7, 11) is 0. The summed E-state index contributed by atoms with van der Waals surface area (Å²) >= 11 is 0. The van der Waals surface area contributed by atoms with E-state index in [9.17, 15) is 0 Å². The lowest BCUT2D eigenvalue weighted by molar-refractivity contribution is 0.794. The lowest BCUT2D eigenvalue weighted by Crippen LogP contribution is -2.06. The zero-order valence-corrected chi connectivity index (χ0v) is 8.88. The molecular weight excluding hydrogens is 188 g/mol. The van der Waals surface area contributed by atoms with Gasteiger partial charge in [0.15, 0.2) is 5.82 Å². The number of aryl methyl sites for hydroxylation is 1. The normalized spacial score (nSPS) is 12.7. The highest BCUT2D eigenvalue weighted by molar-refractivity contribution is 5.26. The van der Waals surface area contributed by atoms with Gasteiger partial charge in [0.1, 0.15) is 0 Å². The molecule has 0 spiro atoms. The molecule has 0 aliphatic carbocycles. The maximum absolute atomic E-state index is 5.74. The Morgan fingerprint density at radius 1 is 1.33 bits per heavy atom. The highest BCUT2D eigenvalue weighted by Crippen LogP contribution is 2.10. The van der Waals surface area contributed by atoms with Gasteiger partial charge in [-0.1, -0.05) is 6.07 Å². The highest BCUT2D eigenvalue weighted by atomic mass is 15.3. The predicted molar refractivity (Wildman–Crippen MR) is 58.7 cm³/mol. The fraction of sp³-hybridized carbons (Fsp3) is 0.273. The molecular formula is C11H14N4. The topological polar surface area (TPSA) is 56.7 Å². The number of hydrogen-bond acceptors (Lipinski definition) is 3. The Balaban J connectivity index is 2.31. The molecule has 2 aromatic heterocycles. The van der Waals surface area contributed by atoms with Gasteiger partial charge in [-0.05, 0) is 31.5 Å². The van der Waals surface area contributed by atoms with Gasteiger partial charge in [0, 0.05) is 18.4 Å². The molecule has 2 aromatic rings. The van der Waals surface area contributed by atoms with Crippen molar-refractivity contribution in [2.45, 2.75) is 19.9 Å². The van der Waals surface area contributed by atoms with E-state index in [0.29, 0.717) is 0 Å². The standard InChI is InChI=1S/C11H14N4/c1-8-5-6-15(14-8)11-4-3-10(7-13-11)9(2)12/h3-7,9H,12H2,1-2H3/t9-/m1/s1. The van der Waals surface area contributed by atoms with Crippen LogP contribution in [0.2, 0.25) is 0 Å². The Morgan fingerprint density at radius 2 is 2.13 bits per heavy atom. The van der Waals surface area contributed by atoms with Crippen molar-refractivity contribution in [3.8, 4) is 5.82 Å². The van der Waals surface area contributed by atoms with Crippen molar-refractivity contribution in [3.63, 3.8) is 0 Å². The van der Waals surface area contributed by atoms with E-state index < -0.39 is 0 Å². The highest BCUT2D eigenvalue weighted by Gasteiger charge is 2.02. The van der Waals surface area contributed by atoms with E-state index in [2.05, 4.69) is 10.1 Å². The molecule has 0 aromatic carbocycles. The van der Waals surface area contributed by atoms with Gasteiger partial charge >= 0.3 is 0 Å². The molecule has 1 atom stereocenters. The number of rotatable bonds is 2. The van der Waals surface area contributed by atoms with Gasteiger partial charge in [-0.15, -0.1) is 0 Å². The summed E-state index contributed by atoms with van der Waals surface area (Å²) < 4.78 is 1.75. The van der Waals surface area contributed by atoms with Crippen molar-refractivity contribution in [1.29, 1.82) is 0 Å². The zero-order chi connectivity index (χ0) is 10.8. The molecule has 2 N–H and O–H groups in total. The van der Waals surface area contributed by atoms with Gasteiger partial charge in [-0.3, -0.25) is 0 Å². The Labute approximate surface area is 88.8 Å². The first-order valence-electron chi connectivity index (χ1n) is 4.91. The Kier molecular flexibility index (Phi) is 2.51. The first kappa shape index (κ1) is 9.86. The number of pyridine rings is 1. The minimum atomic E-state index is 0.0194. The third-order valence-electron chi connectivity index (χ3n) is 2.25.